The zero-order valence-corrected chi connectivity index (χ0v) is 20.0. The number of amides is 2. The van der Waals surface area contributed by atoms with Crippen LogP contribution in [-0.2, 0) is 16.6 Å². The highest BCUT2D eigenvalue weighted by molar-refractivity contribution is 7.18. The van der Waals surface area contributed by atoms with Gasteiger partial charge in [-0.3, -0.25) is 9.59 Å². The average molecular weight is 470 g/mol. The summed E-state index contributed by atoms with van der Waals surface area (Å²) >= 11 is 1.62. The number of thiazole rings is 1. The maximum atomic E-state index is 13.8. The molecule has 0 bridgehead atoms. The van der Waals surface area contributed by atoms with E-state index in [2.05, 4.69) is 11.4 Å². The zero-order chi connectivity index (χ0) is 23.5. The van der Waals surface area contributed by atoms with Gasteiger partial charge in [0.1, 0.15) is 0 Å². The van der Waals surface area contributed by atoms with E-state index >= 15 is 0 Å². The number of para-hydroxylation sites is 1. The first-order valence-corrected chi connectivity index (χ1v) is 12.5. The zero-order valence-electron chi connectivity index (χ0n) is 19.2. The van der Waals surface area contributed by atoms with E-state index in [9.17, 15) is 9.59 Å². The molecule has 0 saturated carbocycles. The van der Waals surface area contributed by atoms with E-state index in [1.165, 1.54) is 0 Å². The van der Waals surface area contributed by atoms with Gasteiger partial charge in [-0.1, -0.05) is 48.5 Å². The van der Waals surface area contributed by atoms with Gasteiger partial charge in [0.15, 0.2) is 0 Å². The van der Waals surface area contributed by atoms with E-state index in [-0.39, 0.29) is 11.8 Å². The predicted molar refractivity (Wildman–Crippen MR) is 137 cm³/mol. The summed E-state index contributed by atoms with van der Waals surface area (Å²) in [6, 6.07) is 25.1. The highest BCUT2D eigenvalue weighted by Crippen LogP contribution is 2.33. The average Bonchev–Trinajstić information content (AvgIpc) is 3.54. The molecule has 0 radical (unpaired) electrons. The van der Waals surface area contributed by atoms with Crippen LogP contribution in [0.15, 0.2) is 78.9 Å². The molecule has 4 aromatic rings. The minimum absolute atomic E-state index is 0.0221. The van der Waals surface area contributed by atoms with Crippen LogP contribution in [0.4, 0.5) is 5.69 Å². The molecule has 2 heterocycles. The lowest BCUT2D eigenvalue weighted by molar-refractivity contribution is -0.121. The summed E-state index contributed by atoms with van der Waals surface area (Å²) in [4.78, 5) is 33.3. The standard InChI is InChI=1S/C28H27N3O2S/c1-28(21-11-3-2-4-12-21,19-25-30-23-14-5-6-15-24(23)34-25)27(33)29-22-13-9-10-20(18-22)26(32)31-16-7-8-17-31/h2-6,9-15,18H,7-8,16-17,19H2,1H3,(H,29,33). The summed E-state index contributed by atoms with van der Waals surface area (Å²) in [6.07, 6.45) is 2.57. The van der Waals surface area contributed by atoms with Crippen molar-refractivity contribution in [2.24, 2.45) is 0 Å². The third-order valence-electron chi connectivity index (χ3n) is 6.52. The second-order valence-corrected chi connectivity index (χ2v) is 10.1. The minimum Gasteiger partial charge on any atom is -0.339 e. The molecule has 34 heavy (non-hydrogen) atoms. The van der Waals surface area contributed by atoms with Crippen molar-refractivity contribution in [1.82, 2.24) is 9.88 Å². The van der Waals surface area contributed by atoms with E-state index in [4.69, 9.17) is 4.98 Å². The van der Waals surface area contributed by atoms with Gasteiger partial charge in [-0.2, -0.15) is 0 Å². The number of hydrogen-bond donors (Lipinski definition) is 1. The molecule has 1 saturated heterocycles. The Hall–Kier alpha value is -3.51. The van der Waals surface area contributed by atoms with Crippen molar-refractivity contribution in [3.8, 4) is 0 Å². The van der Waals surface area contributed by atoms with Gasteiger partial charge in [-0.15, -0.1) is 11.3 Å². The number of likely N-dealkylation sites (tertiary alicyclic amines) is 1. The number of aromatic nitrogens is 1. The summed E-state index contributed by atoms with van der Waals surface area (Å²) in [6.45, 7) is 3.55. The Morgan fingerprint density at radius 2 is 1.71 bits per heavy atom. The molecule has 5 nitrogen and oxygen atoms in total. The summed E-state index contributed by atoms with van der Waals surface area (Å²) in [5.41, 5.74) is 2.28. The van der Waals surface area contributed by atoms with Gasteiger partial charge in [-0.05, 0) is 55.7 Å². The van der Waals surface area contributed by atoms with Crippen LogP contribution in [0, 0.1) is 0 Å². The molecule has 1 fully saturated rings. The molecule has 3 aromatic carbocycles. The van der Waals surface area contributed by atoms with Gasteiger partial charge in [0, 0.05) is 30.8 Å². The SMILES string of the molecule is CC(Cc1nc2ccccc2s1)(C(=O)Nc1cccc(C(=O)N2CCCC2)c1)c1ccccc1. The number of carbonyl (C=O) groups excluding carboxylic acids is 2. The number of carbonyl (C=O) groups is 2. The van der Waals surface area contributed by atoms with E-state index < -0.39 is 5.41 Å². The van der Waals surface area contributed by atoms with Crippen LogP contribution in [0.2, 0.25) is 0 Å². The maximum absolute atomic E-state index is 13.8. The van der Waals surface area contributed by atoms with Crippen molar-refractivity contribution < 1.29 is 9.59 Å². The van der Waals surface area contributed by atoms with Crippen molar-refractivity contribution in [3.63, 3.8) is 0 Å². The molecule has 1 atom stereocenters. The first-order valence-electron chi connectivity index (χ1n) is 11.6. The smallest absolute Gasteiger partial charge is 0.253 e. The van der Waals surface area contributed by atoms with Crippen molar-refractivity contribution in [2.45, 2.75) is 31.6 Å². The second kappa shape index (κ2) is 9.39. The third kappa shape index (κ3) is 4.46. The van der Waals surface area contributed by atoms with E-state index in [1.54, 1.807) is 17.4 Å². The highest BCUT2D eigenvalue weighted by atomic mass is 32.1. The summed E-state index contributed by atoms with van der Waals surface area (Å²) in [7, 11) is 0. The highest BCUT2D eigenvalue weighted by Gasteiger charge is 2.36. The lowest BCUT2D eigenvalue weighted by atomic mass is 9.78. The Kier molecular flexibility index (Phi) is 6.16. The van der Waals surface area contributed by atoms with Crippen LogP contribution >= 0.6 is 11.3 Å². The van der Waals surface area contributed by atoms with Gasteiger partial charge < -0.3 is 10.2 Å². The normalized spacial score (nSPS) is 15.3. The lowest BCUT2D eigenvalue weighted by Crippen LogP contribution is -2.39. The van der Waals surface area contributed by atoms with Gasteiger partial charge in [0.25, 0.3) is 5.91 Å². The van der Waals surface area contributed by atoms with Crippen LogP contribution in [0.5, 0.6) is 0 Å². The van der Waals surface area contributed by atoms with Crippen LogP contribution in [0.25, 0.3) is 10.2 Å². The topological polar surface area (TPSA) is 62.3 Å². The van der Waals surface area contributed by atoms with Gasteiger partial charge in [0.2, 0.25) is 5.91 Å². The molecule has 1 aliphatic heterocycles. The molecule has 0 spiro atoms. The number of anilines is 1. The third-order valence-corrected chi connectivity index (χ3v) is 7.55. The van der Waals surface area contributed by atoms with Gasteiger partial charge in [-0.25, -0.2) is 4.98 Å². The number of fused-ring (bicyclic) bond motifs is 1. The molecule has 1 aromatic heterocycles. The fourth-order valence-electron chi connectivity index (χ4n) is 4.52. The number of nitrogens with one attached hydrogen (secondary N) is 1. The Morgan fingerprint density at radius 3 is 2.47 bits per heavy atom. The molecule has 1 N–H and O–H groups in total. The maximum Gasteiger partial charge on any atom is 0.253 e. The number of rotatable bonds is 6. The predicted octanol–water partition coefficient (Wildman–Crippen LogP) is 5.67. The van der Waals surface area contributed by atoms with E-state index in [0.29, 0.717) is 17.7 Å². The molecule has 172 valence electrons. The van der Waals surface area contributed by atoms with Crippen LogP contribution in [0.1, 0.15) is 40.7 Å². The fourth-order valence-corrected chi connectivity index (χ4v) is 5.64. The molecule has 6 heteroatoms. The van der Waals surface area contributed by atoms with Gasteiger partial charge in [0.05, 0.1) is 20.6 Å². The first kappa shape index (κ1) is 22.3. The molecule has 2 amide bonds. The molecule has 1 aliphatic rings. The first-order chi connectivity index (χ1) is 16.5. The van der Waals surface area contributed by atoms with Crippen molar-refractivity contribution in [1.29, 1.82) is 0 Å². The van der Waals surface area contributed by atoms with Crippen molar-refractivity contribution >= 4 is 39.1 Å². The Balaban J connectivity index is 1.43. The molecule has 5 rings (SSSR count). The second-order valence-electron chi connectivity index (χ2n) is 8.98. The van der Waals surface area contributed by atoms with E-state index in [0.717, 1.165) is 46.7 Å². The Morgan fingerprint density at radius 1 is 0.971 bits per heavy atom. The summed E-state index contributed by atoms with van der Waals surface area (Å²) < 4.78 is 1.11. The number of benzene rings is 3. The molecular weight excluding hydrogens is 442 g/mol. The summed E-state index contributed by atoms with van der Waals surface area (Å²) in [5, 5.41) is 4.01. The molecule has 1 unspecified atom stereocenters. The van der Waals surface area contributed by atoms with Crippen LogP contribution in [-0.4, -0.2) is 34.8 Å². The van der Waals surface area contributed by atoms with Crippen molar-refractivity contribution in [3.05, 3.63) is 95.0 Å². The molecular formula is C28H27N3O2S. The van der Waals surface area contributed by atoms with Gasteiger partial charge >= 0.3 is 0 Å². The quantitative estimate of drug-likeness (QED) is 0.396. The number of nitrogens with zero attached hydrogens (tertiary/aromatic N) is 2. The Labute approximate surface area is 203 Å². The van der Waals surface area contributed by atoms with Crippen LogP contribution in [0.3, 0.4) is 0 Å². The summed E-state index contributed by atoms with van der Waals surface area (Å²) in [5.74, 6) is -0.0994. The van der Waals surface area contributed by atoms with E-state index in [1.807, 2.05) is 78.6 Å². The minimum atomic E-state index is -0.829. The van der Waals surface area contributed by atoms with Crippen LogP contribution < -0.4 is 5.32 Å². The largest absolute Gasteiger partial charge is 0.339 e. The van der Waals surface area contributed by atoms with Crippen molar-refractivity contribution in [2.75, 3.05) is 18.4 Å². The number of hydrogen-bond acceptors (Lipinski definition) is 4. The Bertz CT molecular complexity index is 1290. The monoisotopic (exact) mass is 469 g/mol. The fraction of sp³-hybridized carbons (Fsp3) is 0.250. The lowest BCUT2D eigenvalue weighted by Gasteiger charge is -2.28. The molecule has 0 aliphatic carbocycles.